The fourth-order valence-corrected chi connectivity index (χ4v) is 1.55. The van der Waals surface area contributed by atoms with E-state index in [0.29, 0.717) is 17.7 Å². The molecule has 0 aliphatic heterocycles. The number of carbonyl (C=O) groups excluding carboxylic acids is 1. The second-order valence-electron chi connectivity index (χ2n) is 4.90. The molecule has 0 saturated heterocycles. The molecule has 0 saturated carbocycles. The Labute approximate surface area is 94.8 Å². The van der Waals surface area contributed by atoms with E-state index in [9.17, 15) is 4.79 Å². The van der Waals surface area contributed by atoms with Gasteiger partial charge in [-0.05, 0) is 19.3 Å². The first kappa shape index (κ1) is 14.6. The maximum atomic E-state index is 12.0. The molecule has 2 nitrogen and oxygen atoms in total. The molecule has 0 rings (SSSR count). The van der Waals surface area contributed by atoms with Gasteiger partial charge >= 0.3 is 0 Å². The van der Waals surface area contributed by atoms with Gasteiger partial charge < -0.3 is 5.32 Å². The van der Waals surface area contributed by atoms with E-state index in [1.165, 1.54) is 0 Å². The molecule has 0 heterocycles. The molecular weight excluding hydrogens is 186 g/mol. The summed E-state index contributed by atoms with van der Waals surface area (Å²) in [6.07, 6.45) is 2.12. The largest absolute Gasteiger partial charge is 0.305 e. The average molecular weight is 213 g/mol. The first-order valence-electron chi connectivity index (χ1n) is 6.23. The Morgan fingerprint density at radius 2 is 1.60 bits per heavy atom. The van der Waals surface area contributed by atoms with E-state index in [1.54, 1.807) is 0 Å². The van der Waals surface area contributed by atoms with Gasteiger partial charge in [0.2, 0.25) is 0 Å². The third-order valence-corrected chi connectivity index (χ3v) is 3.16. The molecule has 0 aliphatic rings. The lowest BCUT2D eigenvalue weighted by Crippen LogP contribution is -2.47. The number of rotatable bonds is 7. The second-order valence-corrected chi connectivity index (χ2v) is 4.90. The first-order chi connectivity index (χ1) is 6.93. The summed E-state index contributed by atoms with van der Waals surface area (Å²) in [7, 11) is 0. The van der Waals surface area contributed by atoms with Crippen LogP contribution < -0.4 is 5.32 Å². The topological polar surface area (TPSA) is 29.1 Å². The molecule has 15 heavy (non-hydrogen) atoms. The van der Waals surface area contributed by atoms with Gasteiger partial charge in [0.05, 0.1) is 6.04 Å². The van der Waals surface area contributed by atoms with Crippen LogP contribution in [0.4, 0.5) is 0 Å². The molecule has 0 aliphatic carbocycles. The summed E-state index contributed by atoms with van der Waals surface area (Å²) < 4.78 is 0. The number of hydrogen-bond acceptors (Lipinski definition) is 2. The van der Waals surface area contributed by atoms with Crippen molar-refractivity contribution in [3.8, 4) is 0 Å². The van der Waals surface area contributed by atoms with Crippen LogP contribution in [0.15, 0.2) is 0 Å². The molecular formula is C13H27NO. The number of ketones is 1. The normalized spacial score (nSPS) is 17.5. The van der Waals surface area contributed by atoms with Crippen LogP contribution in [0.2, 0.25) is 0 Å². The minimum Gasteiger partial charge on any atom is -0.305 e. The van der Waals surface area contributed by atoms with Gasteiger partial charge in [-0.25, -0.2) is 0 Å². The highest BCUT2D eigenvalue weighted by molar-refractivity contribution is 5.86. The molecule has 0 radical (unpaired) electrons. The maximum absolute atomic E-state index is 12.0. The molecule has 0 amide bonds. The van der Waals surface area contributed by atoms with Crippen molar-refractivity contribution in [3.05, 3.63) is 0 Å². The van der Waals surface area contributed by atoms with Crippen molar-refractivity contribution in [1.82, 2.24) is 5.32 Å². The molecule has 2 heteroatoms. The van der Waals surface area contributed by atoms with Gasteiger partial charge in [0, 0.05) is 12.0 Å². The molecule has 1 N–H and O–H groups in total. The van der Waals surface area contributed by atoms with Gasteiger partial charge in [0.1, 0.15) is 0 Å². The summed E-state index contributed by atoms with van der Waals surface area (Å²) in [4.78, 5) is 12.0. The predicted molar refractivity (Wildman–Crippen MR) is 66.0 cm³/mol. The van der Waals surface area contributed by atoms with Crippen LogP contribution >= 0.6 is 0 Å². The van der Waals surface area contributed by atoms with E-state index in [0.717, 1.165) is 12.8 Å². The van der Waals surface area contributed by atoms with E-state index in [4.69, 9.17) is 0 Å². The molecule has 0 fully saturated rings. The molecule has 90 valence electrons. The van der Waals surface area contributed by atoms with Crippen molar-refractivity contribution in [1.29, 1.82) is 0 Å². The summed E-state index contributed by atoms with van der Waals surface area (Å²) in [6, 6.07) is 0.455. The van der Waals surface area contributed by atoms with Crippen LogP contribution in [0, 0.1) is 11.8 Å². The lowest BCUT2D eigenvalue weighted by atomic mass is 9.89. The first-order valence-corrected chi connectivity index (χ1v) is 6.23. The van der Waals surface area contributed by atoms with E-state index in [-0.39, 0.29) is 12.0 Å². The quantitative estimate of drug-likeness (QED) is 0.704. The molecule has 0 aromatic heterocycles. The van der Waals surface area contributed by atoms with Gasteiger partial charge in [-0.1, -0.05) is 41.0 Å². The summed E-state index contributed by atoms with van der Waals surface area (Å²) >= 11 is 0. The van der Waals surface area contributed by atoms with Gasteiger partial charge in [0.25, 0.3) is 0 Å². The zero-order chi connectivity index (χ0) is 12.0. The van der Waals surface area contributed by atoms with Crippen molar-refractivity contribution < 1.29 is 4.79 Å². The fourth-order valence-electron chi connectivity index (χ4n) is 1.55. The Bertz CT molecular complexity index is 189. The second kappa shape index (κ2) is 7.00. The lowest BCUT2D eigenvalue weighted by Gasteiger charge is -2.27. The Morgan fingerprint density at radius 3 is 1.93 bits per heavy atom. The van der Waals surface area contributed by atoms with Gasteiger partial charge in [-0.2, -0.15) is 0 Å². The molecule has 0 bridgehead atoms. The van der Waals surface area contributed by atoms with Crippen molar-refractivity contribution >= 4 is 5.78 Å². The summed E-state index contributed by atoms with van der Waals surface area (Å²) in [5.74, 6) is 0.902. The maximum Gasteiger partial charge on any atom is 0.152 e. The van der Waals surface area contributed by atoms with Gasteiger partial charge in [-0.3, -0.25) is 4.79 Å². The highest BCUT2D eigenvalue weighted by atomic mass is 16.1. The van der Waals surface area contributed by atoms with Gasteiger partial charge in [0.15, 0.2) is 5.78 Å². The summed E-state index contributed by atoms with van der Waals surface area (Å²) in [5.41, 5.74) is 0. The van der Waals surface area contributed by atoms with Crippen molar-refractivity contribution in [3.63, 3.8) is 0 Å². The zero-order valence-corrected chi connectivity index (χ0v) is 11.1. The number of Topliss-reactive ketones (excluding diaryl/α,β-unsaturated/α-hetero) is 1. The predicted octanol–water partition coefficient (Wildman–Crippen LogP) is 3.01. The summed E-state index contributed by atoms with van der Waals surface area (Å²) in [6.45, 7) is 12.5. The van der Waals surface area contributed by atoms with Crippen LogP contribution in [0.3, 0.4) is 0 Å². The zero-order valence-electron chi connectivity index (χ0n) is 11.1. The van der Waals surface area contributed by atoms with E-state index in [2.05, 4.69) is 33.0 Å². The summed E-state index contributed by atoms with van der Waals surface area (Å²) in [5, 5.41) is 3.45. The third-order valence-electron chi connectivity index (χ3n) is 3.16. The van der Waals surface area contributed by atoms with E-state index in [1.807, 2.05) is 13.8 Å². The smallest absolute Gasteiger partial charge is 0.152 e. The Balaban J connectivity index is 4.51. The Morgan fingerprint density at radius 1 is 1.07 bits per heavy atom. The standard InChI is InChI=1S/C13H27NO/c1-7-10(5)12(13(15)9(3)4)14-11(6)8-2/h9-12,14H,7-8H2,1-6H3. The fraction of sp³-hybridized carbons (Fsp3) is 0.923. The molecule has 3 atom stereocenters. The number of nitrogens with one attached hydrogen (secondary N) is 1. The van der Waals surface area contributed by atoms with Crippen LogP contribution in [0.25, 0.3) is 0 Å². The minimum atomic E-state index is 0.0324. The Hall–Kier alpha value is -0.370. The van der Waals surface area contributed by atoms with Gasteiger partial charge in [-0.15, -0.1) is 0 Å². The Kier molecular flexibility index (Phi) is 6.82. The van der Waals surface area contributed by atoms with Crippen molar-refractivity contribution in [2.75, 3.05) is 0 Å². The van der Waals surface area contributed by atoms with Crippen LogP contribution in [-0.2, 0) is 4.79 Å². The number of hydrogen-bond donors (Lipinski definition) is 1. The van der Waals surface area contributed by atoms with E-state index >= 15 is 0 Å². The van der Waals surface area contributed by atoms with Crippen molar-refractivity contribution in [2.24, 2.45) is 11.8 Å². The van der Waals surface area contributed by atoms with Crippen LogP contribution in [0.5, 0.6) is 0 Å². The lowest BCUT2D eigenvalue weighted by molar-refractivity contribution is -0.125. The third kappa shape index (κ3) is 4.78. The average Bonchev–Trinajstić information content (AvgIpc) is 2.23. The molecule has 0 spiro atoms. The molecule has 0 aromatic carbocycles. The monoisotopic (exact) mass is 213 g/mol. The molecule has 3 unspecified atom stereocenters. The highest BCUT2D eigenvalue weighted by Crippen LogP contribution is 2.14. The number of carbonyl (C=O) groups is 1. The molecule has 0 aromatic rings. The minimum absolute atomic E-state index is 0.0324. The van der Waals surface area contributed by atoms with Crippen molar-refractivity contribution in [2.45, 2.75) is 66.5 Å². The highest BCUT2D eigenvalue weighted by Gasteiger charge is 2.26. The SMILES string of the molecule is CCC(C)NC(C(=O)C(C)C)C(C)CC. The van der Waals surface area contributed by atoms with Crippen LogP contribution in [-0.4, -0.2) is 17.9 Å². The van der Waals surface area contributed by atoms with E-state index < -0.39 is 0 Å². The van der Waals surface area contributed by atoms with Crippen LogP contribution in [0.1, 0.15) is 54.4 Å².